The monoisotopic (exact) mass is 478 g/mol. The summed E-state index contributed by atoms with van der Waals surface area (Å²) in [5.41, 5.74) is 3.03. The number of benzene rings is 3. The number of amides is 2. The average molecular weight is 479 g/mol. The normalized spacial score (nSPS) is 11.5. The van der Waals surface area contributed by atoms with Crippen molar-refractivity contribution in [3.63, 3.8) is 0 Å². The summed E-state index contributed by atoms with van der Waals surface area (Å²) in [4.78, 5) is 28.0. The van der Waals surface area contributed by atoms with Crippen molar-refractivity contribution in [1.29, 1.82) is 0 Å². The highest BCUT2D eigenvalue weighted by Gasteiger charge is 2.29. The van der Waals surface area contributed by atoms with E-state index in [1.165, 1.54) is 0 Å². The number of nitrogens with one attached hydrogen (secondary N) is 1. The van der Waals surface area contributed by atoms with Gasteiger partial charge in [0.2, 0.25) is 11.8 Å². The SMILES string of the molecule is CNC(=O)[C@H](Cc1ccccc1)N(Cc1cccc(Cl)c1)C(=O)CCCOc1ccc(C)cc1. The Hall–Kier alpha value is -3.31. The van der Waals surface area contributed by atoms with E-state index in [0.717, 1.165) is 22.4 Å². The highest BCUT2D eigenvalue weighted by molar-refractivity contribution is 6.30. The molecule has 3 rings (SSSR count). The van der Waals surface area contributed by atoms with Crippen LogP contribution in [0.1, 0.15) is 29.5 Å². The predicted octanol–water partition coefficient (Wildman–Crippen LogP) is 5.19. The van der Waals surface area contributed by atoms with Crippen molar-refractivity contribution < 1.29 is 14.3 Å². The third-order valence-electron chi connectivity index (χ3n) is 5.58. The number of nitrogens with zero attached hydrogens (tertiary/aromatic N) is 1. The first-order valence-electron chi connectivity index (χ1n) is 11.4. The van der Waals surface area contributed by atoms with Crippen molar-refractivity contribution in [1.82, 2.24) is 10.2 Å². The van der Waals surface area contributed by atoms with E-state index in [9.17, 15) is 9.59 Å². The molecule has 3 aromatic rings. The van der Waals surface area contributed by atoms with Gasteiger partial charge in [-0.05, 0) is 48.7 Å². The molecule has 6 heteroatoms. The lowest BCUT2D eigenvalue weighted by Crippen LogP contribution is -2.49. The van der Waals surface area contributed by atoms with Gasteiger partial charge in [0.05, 0.1) is 6.61 Å². The largest absolute Gasteiger partial charge is 0.494 e. The van der Waals surface area contributed by atoms with Gasteiger partial charge in [0.15, 0.2) is 0 Å². The maximum absolute atomic E-state index is 13.4. The lowest BCUT2D eigenvalue weighted by Gasteiger charge is -2.31. The van der Waals surface area contributed by atoms with Crippen molar-refractivity contribution in [3.05, 3.63) is 101 Å². The first kappa shape index (κ1) is 25.3. The summed E-state index contributed by atoms with van der Waals surface area (Å²) in [6.07, 6.45) is 1.24. The average Bonchev–Trinajstić information content (AvgIpc) is 2.85. The molecule has 0 unspecified atom stereocenters. The fourth-order valence-electron chi connectivity index (χ4n) is 3.74. The van der Waals surface area contributed by atoms with E-state index < -0.39 is 6.04 Å². The standard InChI is InChI=1S/C28H31ClN2O3/c1-21-13-15-25(16-14-21)34-17-7-12-27(32)31(20-23-10-6-11-24(29)18-23)26(28(33)30-2)19-22-8-4-3-5-9-22/h3-6,8-11,13-16,18,26H,7,12,17,19-20H2,1-2H3,(H,30,33)/t26-/m0/s1. The number of rotatable bonds is 11. The van der Waals surface area contributed by atoms with Gasteiger partial charge in [-0.3, -0.25) is 9.59 Å². The summed E-state index contributed by atoms with van der Waals surface area (Å²) in [5.74, 6) is 0.480. The summed E-state index contributed by atoms with van der Waals surface area (Å²) < 4.78 is 5.78. The molecule has 0 radical (unpaired) electrons. The number of carbonyl (C=O) groups is 2. The summed E-state index contributed by atoms with van der Waals surface area (Å²) >= 11 is 6.18. The molecule has 0 saturated heterocycles. The molecule has 0 aliphatic heterocycles. The highest BCUT2D eigenvalue weighted by Crippen LogP contribution is 2.19. The Morgan fingerprint density at radius 3 is 2.35 bits per heavy atom. The molecule has 3 aromatic carbocycles. The van der Waals surface area contributed by atoms with Crippen LogP contribution in [0.15, 0.2) is 78.9 Å². The molecule has 1 atom stereocenters. The molecule has 0 aromatic heterocycles. The first-order valence-corrected chi connectivity index (χ1v) is 11.8. The summed E-state index contributed by atoms with van der Waals surface area (Å²) in [6, 6.07) is 24.3. The molecule has 34 heavy (non-hydrogen) atoms. The van der Waals surface area contributed by atoms with Crippen molar-refractivity contribution in [2.75, 3.05) is 13.7 Å². The Balaban J connectivity index is 1.74. The minimum Gasteiger partial charge on any atom is -0.494 e. The fraction of sp³-hybridized carbons (Fsp3) is 0.286. The van der Waals surface area contributed by atoms with Crippen LogP contribution in [-0.4, -0.2) is 36.4 Å². The van der Waals surface area contributed by atoms with Gasteiger partial charge in [-0.25, -0.2) is 0 Å². The summed E-state index contributed by atoms with van der Waals surface area (Å²) in [7, 11) is 1.60. The van der Waals surface area contributed by atoms with E-state index in [0.29, 0.717) is 31.0 Å². The molecule has 0 saturated carbocycles. The number of ether oxygens (including phenoxy) is 1. The van der Waals surface area contributed by atoms with Crippen LogP contribution in [0.3, 0.4) is 0 Å². The third kappa shape index (κ3) is 7.63. The molecule has 0 spiro atoms. The molecular formula is C28H31ClN2O3. The number of hydrogen-bond donors (Lipinski definition) is 1. The van der Waals surface area contributed by atoms with Gasteiger partial charge in [-0.1, -0.05) is 71.8 Å². The van der Waals surface area contributed by atoms with Crippen LogP contribution in [0, 0.1) is 6.92 Å². The van der Waals surface area contributed by atoms with Crippen LogP contribution in [-0.2, 0) is 22.6 Å². The Bertz CT molecular complexity index is 1070. The van der Waals surface area contributed by atoms with Crippen LogP contribution in [0.4, 0.5) is 0 Å². The van der Waals surface area contributed by atoms with Gasteiger partial charge in [-0.2, -0.15) is 0 Å². The van der Waals surface area contributed by atoms with E-state index in [-0.39, 0.29) is 18.2 Å². The second-order valence-electron chi connectivity index (χ2n) is 8.24. The lowest BCUT2D eigenvalue weighted by molar-refractivity contribution is -0.141. The van der Waals surface area contributed by atoms with E-state index in [1.54, 1.807) is 18.0 Å². The van der Waals surface area contributed by atoms with Gasteiger partial charge in [0.1, 0.15) is 11.8 Å². The van der Waals surface area contributed by atoms with Gasteiger partial charge in [-0.15, -0.1) is 0 Å². The van der Waals surface area contributed by atoms with Gasteiger partial charge >= 0.3 is 0 Å². The fourth-order valence-corrected chi connectivity index (χ4v) is 3.96. The maximum Gasteiger partial charge on any atom is 0.242 e. The van der Waals surface area contributed by atoms with E-state index in [1.807, 2.05) is 79.7 Å². The van der Waals surface area contributed by atoms with Crippen LogP contribution >= 0.6 is 11.6 Å². The number of hydrogen-bond acceptors (Lipinski definition) is 3. The highest BCUT2D eigenvalue weighted by atomic mass is 35.5. The minimum atomic E-state index is -0.642. The number of likely N-dealkylation sites (N-methyl/N-ethyl adjacent to an activating group) is 1. The third-order valence-corrected chi connectivity index (χ3v) is 5.82. The molecule has 178 valence electrons. The zero-order chi connectivity index (χ0) is 24.3. The summed E-state index contributed by atoms with van der Waals surface area (Å²) in [5, 5.41) is 3.32. The smallest absolute Gasteiger partial charge is 0.242 e. The Labute approximate surface area is 206 Å². The second kappa shape index (κ2) is 12.8. The molecule has 0 fully saturated rings. The van der Waals surface area contributed by atoms with E-state index >= 15 is 0 Å². The van der Waals surface area contributed by atoms with E-state index in [2.05, 4.69) is 5.32 Å². The number of halogens is 1. The molecular weight excluding hydrogens is 448 g/mol. The van der Waals surface area contributed by atoms with Gasteiger partial charge in [0, 0.05) is 31.5 Å². The van der Waals surface area contributed by atoms with Crippen molar-refractivity contribution >= 4 is 23.4 Å². The van der Waals surface area contributed by atoms with Gasteiger partial charge < -0.3 is 15.0 Å². The Kier molecular flexibility index (Phi) is 9.53. The molecule has 0 aliphatic rings. The molecule has 2 amide bonds. The molecule has 1 N–H and O–H groups in total. The molecule has 0 heterocycles. The zero-order valence-electron chi connectivity index (χ0n) is 19.7. The molecule has 5 nitrogen and oxygen atoms in total. The van der Waals surface area contributed by atoms with Crippen LogP contribution < -0.4 is 10.1 Å². The number of carbonyl (C=O) groups excluding carboxylic acids is 2. The Morgan fingerprint density at radius 2 is 1.68 bits per heavy atom. The predicted molar refractivity (Wildman–Crippen MR) is 136 cm³/mol. The zero-order valence-corrected chi connectivity index (χ0v) is 20.4. The van der Waals surface area contributed by atoms with Crippen molar-refractivity contribution in [3.8, 4) is 5.75 Å². The number of aryl methyl sites for hydroxylation is 1. The second-order valence-corrected chi connectivity index (χ2v) is 8.67. The van der Waals surface area contributed by atoms with Crippen molar-refractivity contribution in [2.24, 2.45) is 0 Å². The Morgan fingerprint density at radius 1 is 0.971 bits per heavy atom. The van der Waals surface area contributed by atoms with Crippen molar-refractivity contribution in [2.45, 2.75) is 38.8 Å². The minimum absolute atomic E-state index is 0.1000. The first-order chi connectivity index (χ1) is 16.5. The maximum atomic E-state index is 13.4. The lowest BCUT2D eigenvalue weighted by atomic mass is 10.0. The van der Waals surface area contributed by atoms with E-state index in [4.69, 9.17) is 16.3 Å². The van der Waals surface area contributed by atoms with Crippen LogP contribution in [0.5, 0.6) is 5.75 Å². The van der Waals surface area contributed by atoms with Crippen LogP contribution in [0.2, 0.25) is 5.02 Å². The van der Waals surface area contributed by atoms with Gasteiger partial charge in [0.25, 0.3) is 0 Å². The molecule has 0 bridgehead atoms. The van der Waals surface area contributed by atoms with Crippen LogP contribution in [0.25, 0.3) is 0 Å². The topological polar surface area (TPSA) is 58.6 Å². The summed E-state index contributed by atoms with van der Waals surface area (Å²) in [6.45, 7) is 2.74. The quantitative estimate of drug-likeness (QED) is 0.386. The molecule has 0 aliphatic carbocycles.